The van der Waals surface area contributed by atoms with Crippen LogP contribution in [0.3, 0.4) is 0 Å². The Kier molecular flexibility index (Phi) is 3.37. The molecular formula is C8H10N2O5. The van der Waals surface area contributed by atoms with Crippen LogP contribution in [0.2, 0.25) is 0 Å². The average molecular weight is 214 g/mol. The van der Waals surface area contributed by atoms with E-state index in [0.717, 1.165) is 0 Å². The lowest BCUT2D eigenvalue weighted by Gasteiger charge is -2.14. The molecule has 0 bridgehead atoms. The lowest BCUT2D eigenvalue weighted by atomic mass is 10.3. The van der Waals surface area contributed by atoms with Gasteiger partial charge in [-0.25, -0.2) is 0 Å². The highest BCUT2D eigenvalue weighted by molar-refractivity contribution is 6.03. The fraction of sp³-hybridized carbons (Fsp3) is 0.500. The second-order valence-electron chi connectivity index (χ2n) is 3.05. The van der Waals surface area contributed by atoms with Crippen molar-refractivity contribution in [2.75, 3.05) is 0 Å². The summed E-state index contributed by atoms with van der Waals surface area (Å²) < 4.78 is 0. The van der Waals surface area contributed by atoms with Crippen LogP contribution in [-0.4, -0.2) is 33.8 Å². The molecule has 0 spiro atoms. The Morgan fingerprint density at radius 3 is 2.20 bits per heavy atom. The van der Waals surface area contributed by atoms with Gasteiger partial charge in [-0.2, -0.15) is 5.01 Å². The molecule has 0 saturated carbocycles. The van der Waals surface area contributed by atoms with Gasteiger partial charge in [-0.05, 0) is 0 Å². The molecule has 1 aliphatic heterocycles. The molecule has 0 aliphatic carbocycles. The fourth-order valence-electron chi connectivity index (χ4n) is 1.10. The number of hydrazine groups is 1. The highest BCUT2D eigenvalue weighted by atomic mass is 16.4. The van der Waals surface area contributed by atoms with Gasteiger partial charge >= 0.3 is 5.97 Å². The average Bonchev–Trinajstić information content (AvgIpc) is 2.46. The molecule has 82 valence electrons. The number of imide groups is 1. The molecule has 0 aromatic rings. The zero-order valence-corrected chi connectivity index (χ0v) is 7.86. The topological polar surface area (TPSA) is 104 Å². The Bertz CT molecular complexity index is 309. The van der Waals surface area contributed by atoms with Crippen LogP contribution in [0.15, 0.2) is 0 Å². The maximum atomic E-state index is 11.1. The highest BCUT2D eigenvalue weighted by Crippen LogP contribution is 2.08. The number of carboxylic acid groups (broad SMARTS) is 1. The Hall–Kier alpha value is -1.92. The van der Waals surface area contributed by atoms with Crippen molar-refractivity contribution in [3.05, 3.63) is 0 Å². The van der Waals surface area contributed by atoms with E-state index in [2.05, 4.69) is 5.43 Å². The van der Waals surface area contributed by atoms with Crippen LogP contribution < -0.4 is 5.43 Å². The number of aliphatic carboxylic acids is 1. The molecule has 0 aromatic carbocycles. The number of carbonyl (C=O) groups excluding carboxylic acids is 3. The maximum Gasteiger partial charge on any atom is 0.303 e. The zero-order valence-electron chi connectivity index (χ0n) is 7.86. The van der Waals surface area contributed by atoms with Gasteiger partial charge in [-0.15, -0.1) is 0 Å². The first-order valence-electron chi connectivity index (χ1n) is 4.38. The molecule has 2 N–H and O–H groups in total. The first-order chi connectivity index (χ1) is 7.00. The van der Waals surface area contributed by atoms with Crippen molar-refractivity contribution in [3.8, 4) is 0 Å². The maximum absolute atomic E-state index is 11.1. The third-order valence-corrected chi connectivity index (χ3v) is 1.85. The van der Waals surface area contributed by atoms with E-state index in [0.29, 0.717) is 5.01 Å². The Labute approximate surface area is 85.0 Å². The summed E-state index contributed by atoms with van der Waals surface area (Å²) in [7, 11) is 0. The second-order valence-corrected chi connectivity index (χ2v) is 3.05. The quantitative estimate of drug-likeness (QED) is 0.586. The van der Waals surface area contributed by atoms with Gasteiger partial charge in [0.1, 0.15) is 0 Å². The van der Waals surface area contributed by atoms with E-state index in [4.69, 9.17) is 5.11 Å². The Morgan fingerprint density at radius 2 is 1.73 bits per heavy atom. The summed E-state index contributed by atoms with van der Waals surface area (Å²) in [5.74, 6) is -2.70. The van der Waals surface area contributed by atoms with E-state index in [9.17, 15) is 19.2 Å². The van der Waals surface area contributed by atoms with E-state index in [1.807, 2.05) is 0 Å². The van der Waals surface area contributed by atoms with Gasteiger partial charge in [0, 0.05) is 19.3 Å². The molecular weight excluding hydrogens is 204 g/mol. The van der Waals surface area contributed by atoms with Gasteiger partial charge in [-0.1, -0.05) is 0 Å². The number of nitrogens with one attached hydrogen (secondary N) is 1. The van der Waals surface area contributed by atoms with E-state index < -0.39 is 23.7 Å². The minimum absolute atomic E-state index is 0.0814. The number of carboxylic acids is 1. The van der Waals surface area contributed by atoms with E-state index in [1.165, 1.54) is 0 Å². The molecule has 1 aliphatic rings. The lowest BCUT2D eigenvalue weighted by Crippen LogP contribution is -2.45. The summed E-state index contributed by atoms with van der Waals surface area (Å²) in [4.78, 5) is 43.3. The summed E-state index contributed by atoms with van der Waals surface area (Å²) in [5.41, 5.74) is 2.07. The summed E-state index contributed by atoms with van der Waals surface area (Å²) in [5, 5.41) is 8.94. The van der Waals surface area contributed by atoms with Crippen LogP contribution in [0.25, 0.3) is 0 Å². The van der Waals surface area contributed by atoms with Gasteiger partial charge in [0.25, 0.3) is 0 Å². The van der Waals surface area contributed by atoms with E-state index in [1.54, 1.807) is 0 Å². The summed E-state index contributed by atoms with van der Waals surface area (Å²) in [6.45, 7) is 0. The monoisotopic (exact) mass is 214 g/mol. The molecule has 0 unspecified atom stereocenters. The van der Waals surface area contributed by atoms with Gasteiger partial charge in [0.15, 0.2) is 0 Å². The van der Waals surface area contributed by atoms with Crippen LogP contribution in [0.1, 0.15) is 25.7 Å². The number of rotatable bonds is 4. The van der Waals surface area contributed by atoms with Crippen LogP contribution >= 0.6 is 0 Å². The largest absolute Gasteiger partial charge is 0.481 e. The van der Waals surface area contributed by atoms with Crippen molar-refractivity contribution in [1.82, 2.24) is 10.4 Å². The number of hydrogen-bond acceptors (Lipinski definition) is 4. The Morgan fingerprint density at radius 1 is 1.20 bits per heavy atom. The van der Waals surface area contributed by atoms with Crippen molar-refractivity contribution >= 4 is 23.7 Å². The van der Waals surface area contributed by atoms with Gasteiger partial charge in [0.05, 0.1) is 6.42 Å². The summed E-state index contributed by atoms with van der Waals surface area (Å²) >= 11 is 0. The minimum Gasteiger partial charge on any atom is -0.481 e. The third kappa shape index (κ3) is 3.04. The van der Waals surface area contributed by atoms with Crippen molar-refractivity contribution in [2.24, 2.45) is 0 Å². The standard InChI is InChI=1S/C8H10N2O5/c11-5(1-4-8(14)15)9-10-6(12)2-3-7(10)13/h1-4H2,(H,9,11)(H,14,15). The molecule has 1 fully saturated rings. The first kappa shape index (κ1) is 11.2. The SMILES string of the molecule is O=C(O)CCC(=O)NN1C(=O)CCC1=O. The number of hydrogen-bond donors (Lipinski definition) is 2. The van der Waals surface area contributed by atoms with Crippen LogP contribution in [0, 0.1) is 0 Å². The fourth-order valence-corrected chi connectivity index (χ4v) is 1.10. The van der Waals surface area contributed by atoms with Gasteiger partial charge in [-0.3, -0.25) is 24.6 Å². The van der Waals surface area contributed by atoms with Crippen LogP contribution in [0.5, 0.6) is 0 Å². The number of carbonyl (C=O) groups is 4. The van der Waals surface area contributed by atoms with Crippen molar-refractivity contribution in [2.45, 2.75) is 25.7 Å². The highest BCUT2D eigenvalue weighted by Gasteiger charge is 2.30. The van der Waals surface area contributed by atoms with Gasteiger partial charge < -0.3 is 5.11 Å². The molecule has 1 heterocycles. The van der Waals surface area contributed by atoms with E-state index >= 15 is 0 Å². The van der Waals surface area contributed by atoms with E-state index in [-0.39, 0.29) is 25.7 Å². The predicted octanol–water partition coefficient (Wildman–Crippen LogP) is -0.969. The van der Waals surface area contributed by atoms with Crippen LogP contribution in [0.4, 0.5) is 0 Å². The summed E-state index contributed by atoms with van der Waals surface area (Å²) in [6, 6.07) is 0. The minimum atomic E-state index is -1.11. The van der Waals surface area contributed by atoms with Crippen molar-refractivity contribution in [1.29, 1.82) is 0 Å². The normalized spacial score (nSPS) is 15.6. The van der Waals surface area contributed by atoms with Gasteiger partial charge in [0.2, 0.25) is 17.7 Å². The first-order valence-corrected chi connectivity index (χ1v) is 4.38. The van der Waals surface area contributed by atoms with Crippen molar-refractivity contribution < 1.29 is 24.3 Å². The number of amides is 3. The predicted molar refractivity (Wildman–Crippen MR) is 46.1 cm³/mol. The molecule has 1 saturated heterocycles. The zero-order chi connectivity index (χ0) is 11.4. The Balaban J connectivity index is 2.40. The molecule has 3 amide bonds. The molecule has 0 radical (unpaired) electrons. The molecule has 1 rings (SSSR count). The molecule has 7 nitrogen and oxygen atoms in total. The molecule has 15 heavy (non-hydrogen) atoms. The second kappa shape index (κ2) is 4.54. The summed E-state index contributed by atoms with van der Waals surface area (Å²) in [6.07, 6.45) is -0.426. The number of nitrogens with zero attached hydrogens (tertiary/aromatic N) is 1. The van der Waals surface area contributed by atoms with Crippen molar-refractivity contribution in [3.63, 3.8) is 0 Å². The smallest absolute Gasteiger partial charge is 0.303 e. The lowest BCUT2D eigenvalue weighted by molar-refractivity contribution is -0.148. The molecule has 7 heteroatoms. The molecule has 0 atom stereocenters. The third-order valence-electron chi connectivity index (χ3n) is 1.85. The molecule has 0 aromatic heterocycles. The van der Waals surface area contributed by atoms with Crippen LogP contribution in [-0.2, 0) is 19.2 Å².